The van der Waals surface area contributed by atoms with Gasteiger partial charge in [0.2, 0.25) is 5.91 Å². The molecule has 2 aliphatic rings. The van der Waals surface area contributed by atoms with Crippen LogP contribution in [-0.4, -0.2) is 87.2 Å². The van der Waals surface area contributed by atoms with Crippen molar-refractivity contribution in [2.75, 3.05) is 53.4 Å². The number of piperidine rings is 1. The van der Waals surface area contributed by atoms with Crippen LogP contribution >= 0.6 is 0 Å². The maximum absolute atomic E-state index is 11.9. The molecular weight excluding hydrogens is 330 g/mol. The molecule has 2 N–H and O–H groups in total. The summed E-state index contributed by atoms with van der Waals surface area (Å²) >= 11 is 0. The number of carbonyl (C=O) groups excluding carboxylic acids is 1. The lowest BCUT2D eigenvalue weighted by Crippen LogP contribution is -2.50. The zero-order chi connectivity index (χ0) is 18.8. The van der Waals surface area contributed by atoms with E-state index in [0.717, 1.165) is 57.9 Å². The fraction of sp³-hybridized carbons (Fsp3) is 0.895. The number of likely N-dealkylation sites (N-methyl/N-ethyl adjacent to an activating group) is 1. The number of likely N-dealkylation sites (tertiary alicyclic amines) is 1. The number of ether oxygens (including phenoxy) is 1. The van der Waals surface area contributed by atoms with Gasteiger partial charge in [0.1, 0.15) is 6.54 Å². The molecule has 7 nitrogen and oxygen atoms in total. The van der Waals surface area contributed by atoms with Crippen LogP contribution < -0.4 is 10.6 Å². The van der Waals surface area contributed by atoms with Gasteiger partial charge in [0.25, 0.3) is 0 Å². The second-order valence-electron chi connectivity index (χ2n) is 7.58. The Morgan fingerprint density at radius 2 is 2.04 bits per heavy atom. The van der Waals surface area contributed by atoms with Gasteiger partial charge in [-0.2, -0.15) is 0 Å². The fourth-order valence-electron chi connectivity index (χ4n) is 3.33. The Morgan fingerprint density at radius 1 is 1.27 bits per heavy atom. The molecule has 7 heteroatoms. The third-order valence-electron chi connectivity index (χ3n) is 5.15. The van der Waals surface area contributed by atoms with Crippen molar-refractivity contribution < 1.29 is 9.53 Å². The van der Waals surface area contributed by atoms with Crippen molar-refractivity contribution in [3.63, 3.8) is 0 Å². The Bertz CT molecular complexity index is 441. The highest BCUT2D eigenvalue weighted by molar-refractivity contribution is 5.84. The van der Waals surface area contributed by atoms with E-state index in [-0.39, 0.29) is 18.6 Å². The molecular formula is C19H37N5O2. The van der Waals surface area contributed by atoms with Gasteiger partial charge in [-0.05, 0) is 38.6 Å². The van der Waals surface area contributed by atoms with Gasteiger partial charge in [-0.15, -0.1) is 0 Å². The standard InChI is InChI=1S/C19H37N5O2/c1-4-5-10-24-11-8-16(9-12-24)22-19(21-15-18(25)23(2)3)20-14-17-7-6-13-26-17/h16-17H,4-15H2,1-3H3,(H2,20,21,22). The highest BCUT2D eigenvalue weighted by atomic mass is 16.5. The molecule has 1 amide bonds. The number of carbonyl (C=O) groups is 1. The van der Waals surface area contributed by atoms with Crippen molar-refractivity contribution in [1.29, 1.82) is 0 Å². The molecule has 0 bridgehead atoms. The van der Waals surface area contributed by atoms with Gasteiger partial charge in [-0.25, -0.2) is 4.99 Å². The Hall–Kier alpha value is -1.34. The molecule has 0 aromatic carbocycles. The van der Waals surface area contributed by atoms with Gasteiger partial charge in [0.05, 0.1) is 6.10 Å². The minimum atomic E-state index is 0.0117. The molecule has 0 aromatic rings. The van der Waals surface area contributed by atoms with E-state index in [1.54, 1.807) is 19.0 Å². The molecule has 2 rings (SSSR count). The normalized spacial score (nSPS) is 22.4. The second kappa shape index (κ2) is 11.4. The summed E-state index contributed by atoms with van der Waals surface area (Å²) in [4.78, 5) is 20.5. The van der Waals surface area contributed by atoms with E-state index in [1.165, 1.54) is 19.4 Å². The molecule has 0 aromatic heterocycles. The van der Waals surface area contributed by atoms with Gasteiger partial charge < -0.3 is 25.2 Å². The number of hydrogen-bond donors (Lipinski definition) is 2. The molecule has 2 heterocycles. The second-order valence-corrected chi connectivity index (χ2v) is 7.58. The van der Waals surface area contributed by atoms with Crippen molar-refractivity contribution in [1.82, 2.24) is 20.4 Å². The van der Waals surface area contributed by atoms with Crippen molar-refractivity contribution in [3.05, 3.63) is 0 Å². The van der Waals surface area contributed by atoms with Gasteiger partial charge >= 0.3 is 0 Å². The average molecular weight is 368 g/mol. The number of amides is 1. The number of hydrogen-bond acceptors (Lipinski definition) is 4. The first kappa shape index (κ1) is 21.0. The maximum Gasteiger partial charge on any atom is 0.243 e. The van der Waals surface area contributed by atoms with E-state index in [4.69, 9.17) is 4.74 Å². The topological polar surface area (TPSA) is 69.2 Å². The van der Waals surface area contributed by atoms with Crippen molar-refractivity contribution in [3.8, 4) is 0 Å². The number of nitrogens with one attached hydrogen (secondary N) is 2. The zero-order valence-corrected chi connectivity index (χ0v) is 16.8. The Labute approximate surface area is 158 Å². The number of rotatable bonds is 8. The number of aliphatic imine (C=N–C) groups is 1. The highest BCUT2D eigenvalue weighted by Gasteiger charge is 2.21. The van der Waals surface area contributed by atoms with Crippen LogP contribution in [0.4, 0.5) is 0 Å². The van der Waals surface area contributed by atoms with Crippen LogP contribution in [-0.2, 0) is 9.53 Å². The molecule has 1 unspecified atom stereocenters. The molecule has 2 aliphatic heterocycles. The van der Waals surface area contributed by atoms with Crippen LogP contribution in [0.25, 0.3) is 0 Å². The maximum atomic E-state index is 11.9. The largest absolute Gasteiger partial charge is 0.376 e. The third kappa shape index (κ3) is 7.50. The summed E-state index contributed by atoms with van der Waals surface area (Å²) in [6.45, 7) is 7.48. The first-order chi connectivity index (χ1) is 12.6. The van der Waals surface area contributed by atoms with E-state index >= 15 is 0 Å². The van der Waals surface area contributed by atoms with Crippen LogP contribution in [0.3, 0.4) is 0 Å². The number of unbranched alkanes of at least 4 members (excludes halogenated alkanes) is 1. The summed E-state index contributed by atoms with van der Waals surface area (Å²) < 4.78 is 5.68. The average Bonchev–Trinajstić information content (AvgIpc) is 3.16. The molecule has 150 valence electrons. The van der Waals surface area contributed by atoms with E-state index in [0.29, 0.717) is 6.04 Å². The molecule has 0 aliphatic carbocycles. The predicted octanol–water partition coefficient (Wildman–Crippen LogP) is 1.05. The van der Waals surface area contributed by atoms with Crippen molar-refractivity contribution >= 4 is 11.9 Å². The van der Waals surface area contributed by atoms with Crippen LogP contribution in [0.1, 0.15) is 45.4 Å². The lowest BCUT2D eigenvalue weighted by atomic mass is 10.0. The predicted molar refractivity (Wildman–Crippen MR) is 105 cm³/mol. The molecule has 0 radical (unpaired) electrons. The molecule has 2 fully saturated rings. The van der Waals surface area contributed by atoms with Gasteiger partial charge in [0, 0.05) is 46.4 Å². The number of guanidine groups is 1. The lowest BCUT2D eigenvalue weighted by Gasteiger charge is -2.33. The van der Waals surface area contributed by atoms with Crippen LogP contribution in [0.5, 0.6) is 0 Å². The summed E-state index contributed by atoms with van der Waals surface area (Å²) in [6, 6.07) is 0.415. The molecule has 1 atom stereocenters. The Kier molecular flexibility index (Phi) is 9.18. The first-order valence-corrected chi connectivity index (χ1v) is 10.2. The Morgan fingerprint density at radius 3 is 2.65 bits per heavy atom. The van der Waals surface area contributed by atoms with Crippen LogP contribution in [0, 0.1) is 0 Å². The minimum Gasteiger partial charge on any atom is -0.376 e. The monoisotopic (exact) mass is 367 g/mol. The quantitative estimate of drug-likeness (QED) is 0.496. The third-order valence-corrected chi connectivity index (χ3v) is 5.15. The van der Waals surface area contributed by atoms with E-state index in [2.05, 4.69) is 27.4 Å². The SMILES string of the molecule is CCCCN1CCC(NC(=NCC(=O)N(C)C)NCC2CCCO2)CC1. The molecule has 2 saturated heterocycles. The van der Waals surface area contributed by atoms with Crippen molar-refractivity contribution in [2.45, 2.75) is 57.6 Å². The molecule has 0 saturated carbocycles. The smallest absolute Gasteiger partial charge is 0.243 e. The minimum absolute atomic E-state index is 0.0117. The van der Waals surface area contributed by atoms with Crippen molar-refractivity contribution in [2.24, 2.45) is 4.99 Å². The summed E-state index contributed by atoms with van der Waals surface area (Å²) in [5.41, 5.74) is 0. The van der Waals surface area contributed by atoms with E-state index in [1.807, 2.05) is 0 Å². The van der Waals surface area contributed by atoms with Gasteiger partial charge in [-0.3, -0.25) is 4.79 Å². The molecule has 26 heavy (non-hydrogen) atoms. The van der Waals surface area contributed by atoms with Gasteiger partial charge in [0.15, 0.2) is 5.96 Å². The zero-order valence-electron chi connectivity index (χ0n) is 16.8. The summed E-state index contributed by atoms with van der Waals surface area (Å²) in [7, 11) is 3.52. The van der Waals surface area contributed by atoms with Gasteiger partial charge in [-0.1, -0.05) is 13.3 Å². The lowest BCUT2D eigenvalue weighted by molar-refractivity contribution is -0.127. The summed E-state index contributed by atoms with van der Waals surface area (Å²) in [5, 5.41) is 6.92. The fourth-order valence-corrected chi connectivity index (χ4v) is 3.33. The highest BCUT2D eigenvalue weighted by Crippen LogP contribution is 2.12. The number of nitrogens with zero attached hydrogens (tertiary/aromatic N) is 3. The van der Waals surface area contributed by atoms with E-state index < -0.39 is 0 Å². The van der Waals surface area contributed by atoms with E-state index in [9.17, 15) is 4.79 Å². The summed E-state index contributed by atoms with van der Waals surface area (Å²) in [5.74, 6) is 0.750. The van der Waals surface area contributed by atoms with Crippen LogP contribution in [0.2, 0.25) is 0 Å². The van der Waals surface area contributed by atoms with Crippen LogP contribution in [0.15, 0.2) is 4.99 Å². The summed E-state index contributed by atoms with van der Waals surface area (Å²) in [6.07, 6.45) is 7.23. The molecule has 0 spiro atoms. The Balaban J connectivity index is 1.82. The first-order valence-electron chi connectivity index (χ1n) is 10.2.